The summed E-state index contributed by atoms with van der Waals surface area (Å²) in [7, 11) is 0. The second-order valence-electron chi connectivity index (χ2n) is 3.28. The molecule has 0 aliphatic carbocycles. The van der Waals surface area contributed by atoms with Crippen LogP contribution in [0.3, 0.4) is 0 Å². The Kier molecular flexibility index (Phi) is 5.36. The average Bonchev–Trinajstić information content (AvgIpc) is 2.22. The number of aromatic nitrogens is 1. The molecule has 2 nitrogen and oxygen atoms in total. The van der Waals surface area contributed by atoms with Crippen LogP contribution >= 0.6 is 23.2 Å². The van der Waals surface area contributed by atoms with E-state index in [4.69, 9.17) is 27.9 Å². The molecule has 0 fully saturated rings. The van der Waals surface area contributed by atoms with E-state index in [1.165, 1.54) is 0 Å². The molecule has 0 aliphatic rings. The first-order valence-electron chi connectivity index (χ1n) is 4.86. The van der Waals surface area contributed by atoms with Crippen LogP contribution in [0.5, 0.6) is 5.75 Å². The monoisotopic (exact) mass is 257 g/mol. The van der Waals surface area contributed by atoms with Gasteiger partial charge < -0.3 is 4.74 Å². The highest BCUT2D eigenvalue weighted by atomic mass is 35.5. The smallest absolute Gasteiger partial charge is 0.134 e. The van der Waals surface area contributed by atoms with Gasteiger partial charge in [0.05, 0.1) is 0 Å². The van der Waals surface area contributed by atoms with Crippen LogP contribution in [0.1, 0.15) is 13.8 Å². The maximum Gasteiger partial charge on any atom is 0.134 e. The van der Waals surface area contributed by atoms with E-state index in [1.54, 1.807) is 12.1 Å². The molecule has 0 spiro atoms. The molecule has 1 aromatic heterocycles. The standard InChI is InChI=1S/C12H13Cl2NO/c1-3-4-5-9(2)8-16-10-6-11(13)15-12(14)7-10/h3-7H,8H2,1-2H3/b4-3-,9-5+. The zero-order valence-corrected chi connectivity index (χ0v) is 10.7. The molecule has 1 rings (SSSR count). The van der Waals surface area contributed by atoms with E-state index in [2.05, 4.69) is 4.98 Å². The number of pyridine rings is 1. The number of halogens is 2. The molecule has 4 heteroatoms. The Bertz CT molecular complexity index is 393. The number of hydrogen-bond acceptors (Lipinski definition) is 2. The molecule has 0 radical (unpaired) electrons. The Morgan fingerprint density at radius 3 is 2.56 bits per heavy atom. The third-order valence-corrected chi connectivity index (χ3v) is 2.16. The Morgan fingerprint density at radius 2 is 2.00 bits per heavy atom. The first-order chi connectivity index (χ1) is 7.61. The fourth-order valence-electron chi connectivity index (χ4n) is 1.03. The lowest BCUT2D eigenvalue weighted by atomic mass is 10.3. The van der Waals surface area contributed by atoms with Crippen molar-refractivity contribution in [2.45, 2.75) is 13.8 Å². The second-order valence-corrected chi connectivity index (χ2v) is 4.05. The van der Waals surface area contributed by atoms with Crippen molar-refractivity contribution in [1.82, 2.24) is 4.98 Å². The van der Waals surface area contributed by atoms with E-state index in [0.29, 0.717) is 22.7 Å². The lowest BCUT2D eigenvalue weighted by Crippen LogP contribution is -1.98. The van der Waals surface area contributed by atoms with Gasteiger partial charge in [-0.05, 0) is 19.4 Å². The summed E-state index contributed by atoms with van der Waals surface area (Å²) in [6, 6.07) is 3.27. The molecule has 0 N–H and O–H groups in total. The van der Waals surface area contributed by atoms with Crippen LogP contribution in [-0.4, -0.2) is 11.6 Å². The third-order valence-electron chi connectivity index (χ3n) is 1.78. The molecule has 1 aromatic rings. The summed E-state index contributed by atoms with van der Waals surface area (Å²) >= 11 is 11.5. The van der Waals surface area contributed by atoms with Crippen LogP contribution in [0.4, 0.5) is 0 Å². The highest BCUT2D eigenvalue weighted by Crippen LogP contribution is 2.20. The largest absolute Gasteiger partial charge is 0.489 e. The highest BCUT2D eigenvalue weighted by Gasteiger charge is 2.00. The van der Waals surface area contributed by atoms with Gasteiger partial charge in [0, 0.05) is 12.1 Å². The van der Waals surface area contributed by atoms with Gasteiger partial charge in [-0.1, -0.05) is 41.4 Å². The summed E-state index contributed by atoms with van der Waals surface area (Å²) < 4.78 is 5.52. The predicted octanol–water partition coefficient (Wildman–Crippen LogP) is 4.29. The molecule has 16 heavy (non-hydrogen) atoms. The molecular weight excluding hydrogens is 245 g/mol. The zero-order chi connectivity index (χ0) is 12.0. The van der Waals surface area contributed by atoms with Gasteiger partial charge in [-0.2, -0.15) is 0 Å². The molecule has 0 aromatic carbocycles. The van der Waals surface area contributed by atoms with Crippen LogP contribution in [0.2, 0.25) is 10.3 Å². The first kappa shape index (κ1) is 13.1. The van der Waals surface area contributed by atoms with E-state index in [0.717, 1.165) is 5.57 Å². The molecule has 1 heterocycles. The van der Waals surface area contributed by atoms with Gasteiger partial charge in [0.1, 0.15) is 22.7 Å². The Balaban J connectivity index is 2.61. The van der Waals surface area contributed by atoms with Crippen LogP contribution in [0.25, 0.3) is 0 Å². The first-order valence-corrected chi connectivity index (χ1v) is 5.61. The van der Waals surface area contributed by atoms with Crippen LogP contribution in [0.15, 0.2) is 35.9 Å². The summed E-state index contributed by atoms with van der Waals surface area (Å²) in [6.45, 7) is 4.46. The maximum absolute atomic E-state index is 5.75. The van der Waals surface area contributed by atoms with Crippen molar-refractivity contribution in [2.24, 2.45) is 0 Å². The van der Waals surface area contributed by atoms with Crippen molar-refractivity contribution >= 4 is 23.2 Å². The molecule has 0 bridgehead atoms. The third kappa shape index (κ3) is 4.69. The SMILES string of the molecule is C/C=C\C=C(/C)COc1cc(Cl)nc(Cl)c1. The van der Waals surface area contributed by atoms with Crippen molar-refractivity contribution in [1.29, 1.82) is 0 Å². The minimum absolute atomic E-state index is 0.331. The predicted molar refractivity (Wildman–Crippen MR) is 68.3 cm³/mol. The molecule has 86 valence electrons. The number of hydrogen-bond donors (Lipinski definition) is 0. The Labute approximate surface area is 106 Å². The number of allylic oxidation sites excluding steroid dienone is 3. The van der Waals surface area contributed by atoms with E-state index in [-0.39, 0.29) is 0 Å². The fourth-order valence-corrected chi connectivity index (χ4v) is 1.47. The van der Waals surface area contributed by atoms with Gasteiger partial charge in [0.15, 0.2) is 0 Å². The van der Waals surface area contributed by atoms with Crippen molar-refractivity contribution in [3.63, 3.8) is 0 Å². The lowest BCUT2D eigenvalue weighted by molar-refractivity contribution is 0.352. The van der Waals surface area contributed by atoms with E-state index in [9.17, 15) is 0 Å². The Hall–Kier alpha value is -0.990. The van der Waals surface area contributed by atoms with Crippen LogP contribution in [-0.2, 0) is 0 Å². The molecule has 0 atom stereocenters. The van der Waals surface area contributed by atoms with E-state index >= 15 is 0 Å². The lowest BCUT2D eigenvalue weighted by Gasteiger charge is -2.06. The van der Waals surface area contributed by atoms with E-state index < -0.39 is 0 Å². The number of nitrogens with zero attached hydrogens (tertiary/aromatic N) is 1. The molecule has 0 amide bonds. The van der Waals surface area contributed by atoms with Gasteiger partial charge in [0.25, 0.3) is 0 Å². The molecular formula is C12H13Cl2NO. The normalized spacial score (nSPS) is 12.1. The van der Waals surface area contributed by atoms with Crippen LogP contribution in [0, 0.1) is 0 Å². The molecule has 0 unspecified atom stereocenters. The Morgan fingerprint density at radius 1 is 1.38 bits per heavy atom. The van der Waals surface area contributed by atoms with Crippen molar-refractivity contribution in [2.75, 3.05) is 6.61 Å². The van der Waals surface area contributed by atoms with E-state index in [1.807, 2.05) is 32.1 Å². The highest BCUT2D eigenvalue weighted by molar-refractivity contribution is 6.32. The minimum atomic E-state index is 0.331. The maximum atomic E-state index is 5.75. The zero-order valence-electron chi connectivity index (χ0n) is 9.21. The van der Waals surface area contributed by atoms with Crippen molar-refractivity contribution in [3.05, 3.63) is 46.2 Å². The minimum Gasteiger partial charge on any atom is -0.489 e. The van der Waals surface area contributed by atoms with Crippen molar-refractivity contribution in [3.8, 4) is 5.75 Å². The summed E-state index contributed by atoms with van der Waals surface area (Å²) in [5.74, 6) is 0.623. The average molecular weight is 258 g/mol. The number of ether oxygens (including phenoxy) is 1. The van der Waals surface area contributed by atoms with Gasteiger partial charge in [0.2, 0.25) is 0 Å². The topological polar surface area (TPSA) is 22.1 Å². The molecule has 0 aliphatic heterocycles. The second kappa shape index (κ2) is 6.56. The quantitative estimate of drug-likeness (QED) is 0.593. The summed E-state index contributed by atoms with van der Waals surface area (Å²) in [5.41, 5.74) is 1.11. The summed E-state index contributed by atoms with van der Waals surface area (Å²) in [6.07, 6.45) is 5.92. The van der Waals surface area contributed by atoms with Gasteiger partial charge in [-0.15, -0.1) is 0 Å². The van der Waals surface area contributed by atoms with Gasteiger partial charge in [-0.3, -0.25) is 0 Å². The number of rotatable bonds is 4. The van der Waals surface area contributed by atoms with Gasteiger partial charge >= 0.3 is 0 Å². The fraction of sp³-hybridized carbons (Fsp3) is 0.250. The molecule has 0 saturated heterocycles. The summed E-state index contributed by atoms with van der Waals surface area (Å²) in [5, 5.41) is 0.662. The van der Waals surface area contributed by atoms with Crippen LogP contribution < -0.4 is 4.74 Å². The van der Waals surface area contributed by atoms with Gasteiger partial charge in [-0.25, -0.2) is 4.98 Å². The van der Waals surface area contributed by atoms with Crippen molar-refractivity contribution < 1.29 is 4.74 Å². The molecule has 0 saturated carbocycles. The summed E-state index contributed by atoms with van der Waals surface area (Å²) in [4.78, 5) is 3.84.